The highest BCUT2D eigenvalue weighted by molar-refractivity contribution is 5.60. The number of aromatic nitrogens is 6. The average molecular weight is 409 g/mol. The van der Waals surface area contributed by atoms with Gasteiger partial charge in [-0.05, 0) is 44.2 Å². The van der Waals surface area contributed by atoms with E-state index in [0.717, 1.165) is 67.4 Å². The molecule has 7 nitrogen and oxygen atoms in total. The largest absolute Gasteiger partial charge is 0.346 e. The van der Waals surface area contributed by atoms with Crippen LogP contribution in [0.3, 0.4) is 0 Å². The standard InChI is InChI=1S/C24H23N7/c1-2-8-16(9-3-1)21-27-23(30-29-21)20-13-7-15-31(20)24-17-10-6-12-18(17)26-22(28-24)19-11-4-5-14-25-19/h1-5,8-9,11,14,20H,6-7,10,12-13,15H2,(H,27,29,30)/t20-/m1/s1. The molecule has 0 bridgehead atoms. The van der Waals surface area contributed by atoms with Gasteiger partial charge in [-0.2, -0.15) is 5.10 Å². The molecule has 31 heavy (non-hydrogen) atoms. The zero-order valence-corrected chi connectivity index (χ0v) is 17.2. The van der Waals surface area contributed by atoms with Crippen molar-refractivity contribution in [3.05, 3.63) is 71.8 Å². The highest BCUT2D eigenvalue weighted by Gasteiger charge is 2.33. The van der Waals surface area contributed by atoms with Gasteiger partial charge in [-0.15, -0.1) is 0 Å². The maximum absolute atomic E-state index is 5.03. The van der Waals surface area contributed by atoms with Gasteiger partial charge < -0.3 is 4.90 Å². The summed E-state index contributed by atoms with van der Waals surface area (Å²) in [6.45, 7) is 0.956. The van der Waals surface area contributed by atoms with Crippen molar-refractivity contribution in [3.63, 3.8) is 0 Å². The number of rotatable bonds is 4. The molecule has 4 aromatic rings. The van der Waals surface area contributed by atoms with Crippen LogP contribution in [0.4, 0.5) is 5.82 Å². The van der Waals surface area contributed by atoms with Gasteiger partial charge in [0.15, 0.2) is 11.6 Å². The number of H-pyrrole nitrogens is 1. The molecule has 1 aliphatic carbocycles. The van der Waals surface area contributed by atoms with Gasteiger partial charge in [0, 0.05) is 29.6 Å². The van der Waals surface area contributed by atoms with Crippen molar-refractivity contribution in [2.75, 3.05) is 11.4 Å². The summed E-state index contributed by atoms with van der Waals surface area (Å²) in [5, 5.41) is 7.69. The Hall–Kier alpha value is -3.61. The molecule has 1 aliphatic heterocycles. The Balaban J connectivity index is 1.39. The molecule has 0 spiro atoms. The lowest BCUT2D eigenvalue weighted by Gasteiger charge is -2.26. The maximum Gasteiger partial charge on any atom is 0.181 e. The van der Waals surface area contributed by atoms with Crippen molar-refractivity contribution >= 4 is 5.82 Å². The lowest BCUT2D eigenvalue weighted by Crippen LogP contribution is -2.26. The van der Waals surface area contributed by atoms with E-state index in [2.05, 4.69) is 20.1 Å². The second-order valence-corrected chi connectivity index (χ2v) is 8.13. The third-order valence-electron chi connectivity index (χ3n) is 6.18. The number of aromatic amines is 1. The summed E-state index contributed by atoms with van der Waals surface area (Å²) < 4.78 is 0. The quantitative estimate of drug-likeness (QED) is 0.545. The number of nitrogens with zero attached hydrogens (tertiary/aromatic N) is 6. The number of nitrogens with one attached hydrogen (secondary N) is 1. The number of hydrogen-bond donors (Lipinski definition) is 1. The normalized spacial score (nSPS) is 17.8. The monoisotopic (exact) mass is 409 g/mol. The molecular weight excluding hydrogens is 386 g/mol. The van der Waals surface area contributed by atoms with Crippen LogP contribution in [-0.4, -0.2) is 36.7 Å². The Kier molecular flexibility index (Phi) is 4.44. The first-order chi connectivity index (χ1) is 15.4. The number of benzene rings is 1. The van der Waals surface area contributed by atoms with E-state index in [-0.39, 0.29) is 6.04 Å². The molecular formula is C24H23N7. The predicted molar refractivity (Wildman–Crippen MR) is 118 cm³/mol. The molecule has 2 aliphatic rings. The molecule has 0 radical (unpaired) electrons. The van der Waals surface area contributed by atoms with E-state index in [1.165, 1.54) is 11.3 Å². The number of pyridine rings is 1. The smallest absolute Gasteiger partial charge is 0.181 e. The topological polar surface area (TPSA) is 83.5 Å². The van der Waals surface area contributed by atoms with Crippen LogP contribution in [0, 0.1) is 0 Å². The van der Waals surface area contributed by atoms with Crippen molar-refractivity contribution in [2.24, 2.45) is 0 Å². The first-order valence-corrected chi connectivity index (χ1v) is 10.9. The van der Waals surface area contributed by atoms with E-state index < -0.39 is 0 Å². The highest BCUT2D eigenvalue weighted by atomic mass is 15.3. The zero-order valence-electron chi connectivity index (χ0n) is 17.2. The number of fused-ring (bicyclic) bond motifs is 1. The van der Waals surface area contributed by atoms with Crippen molar-refractivity contribution in [3.8, 4) is 22.9 Å². The SMILES string of the molecule is c1ccc(-c2n[nH]c([C@H]3CCCN3c3nc(-c4ccccn4)nc4c3CCC4)n2)cc1. The van der Waals surface area contributed by atoms with Crippen LogP contribution in [0.25, 0.3) is 22.9 Å². The lowest BCUT2D eigenvalue weighted by atomic mass is 10.1. The third kappa shape index (κ3) is 3.26. The molecule has 0 unspecified atom stereocenters. The minimum Gasteiger partial charge on any atom is -0.346 e. The molecule has 1 saturated heterocycles. The fraction of sp³-hybridized carbons (Fsp3) is 0.292. The minimum absolute atomic E-state index is 0.140. The Labute approximate surface area is 180 Å². The third-order valence-corrected chi connectivity index (χ3v) is 6.18. The maximum atomic E-state index is 5.03. The fourth-order valence-electron chi connectivity index (χ4n) is 4.70. The van der Waals surface area contributed by atoms with Gasteiger partial charge in [0.1, 0.15) is 17.3 Å². The van der Waals surface area contributed by atoms with Crippen LogP contribution in [0.2, 0.25) is 0 Å². The molecule has 4 heterocycles. The molecule has 1 atom stereocenters. The minimum atomic E-state index is 0.140. The average Bonchev–Trinajstić information content (AvgIpc) is 3.59. The number of hydrogen-bond acceptors (Lipinski definition) is 6. The van der Waals surface area contributed by atoms with Gasteiger partial charge >= 0.3 is 0 Å². The van der Waals surface area contributed by atoms with Gasteiger partial charge in [0.05, 0.1) is 6.04 Å². The summed E-state index contributed by atoms with van der Waals surface area (Å²) in [5.74, 6) is 3.40. The summed E-state index contributed by atoms with van der Waals surface area (Å²) in [6.07, 6.45) is 7.09. The molecule has 7 heteroatoms. The lowest BCUT2D eigenvalue weighted by molar-refractivity contribution is 0.661. The zero-order chi connectivity index (χ0) is 20.6. The highest BCUT2D eigenvalue weighted by Crippen LogP contribution is 2.39. The van der Waals surface area contributed by atoms with Gasteiger partial charge in [0.2, 0.25) is 0 Å². The molecule has 1 aromatic carbocycles. The summed E-state index contributed by atoms with van der Waals surface area (Å²) in [4.78, 5) is 21.6. The van der Waals surface area contributed by atoms with E-state index in [1.54, 1.807) is 6.20 Å². The molecule has 154 valence electrons. The van der Waals surface area contributed by atoms with E-state index >= 15 is 0 Å². The molecule has 6 rings (SSSR count). The van der Waals surface area contributed by atoms with Crippen LogP contribution in [0.15, 0.2) is 54.7 Å². The van der Waals surface area contributed by atoms with Crippen molar-refractivity contribution in [1.29, 1.82) is 0 Å². The first-order valence-electron chi connectivity index (χ1n) is 10.9. The van der Waals surface area contributed by atoms with Crippen LogP contribution in [0.1, 0.15) is 42.4 Å². The van der Waals surface area contributed by atoms with Crippen LogP contribution >= 0.6 is 0 Å². The van der Waals surface area contributed by atoms with Gasteiger partial charge in [-0.3, -0.25) is 10.1 Å². The van der Waals surface area contributed by atoms with E-state index in [1.807, 2.05) is 48.5 Å². The molecule has 1 fully saturated rings. The molecule has 0 saturated carbocycles. The summed E-state index contributed by atoms with van der Waals surface area (Å²) in [7, 11) is 0. The Bertz CT molecular complexity index is 1200. The fourth-order valence-corrected chi connectivity index (χ4v) is 4.70. The van der Waals surface area contributed by atoms with E-state index in [4.69, 9.17) is 15.0 Å². The molecule has 3 aromatic heterocycles. The molecule has 1 N–H and O–H groups in total. The summed E-state index contributed by atoms with van der Waals surface area (Å²) in [6, 6.07) is 16.1. The number of anilines is 1. The van der Waals surface area contributed by atoms with Gasteiger partial charge in [0.25, 0.3) is 0 Å². The van der Waals surface area contributed by atoms with Crippen LogP contribution in [0.5, 0.6) is 0 Å². The Morgan fingerprint density at radius 3 is 2.65 bits per heavy atom. The van der Waals surface area contributed by atoms with Gasteiger partial charge in [-0.1, -0.05) is 36.4 Å². The first kappa shape index (κ1) is 18.2. The van der Waals surface area contributed by atoms with Crippen molar-refractivity contribution in [2.45, 2.75) is 38.1 Å². The second kappa shape index (κ2) is 7.58. The van der Waals surface area contributed by atoms with Crippen LogP contribution < -0.4 is 4.90 Å². The summed E-state index contributed by atoms with van der Waals surface area (Å²) >= 11 is 0. The summed E-state index contributed by atoms with van der Waals surface area (Å²) in [5.41, 5.74) is 4.29. The number of aryl methyl sites for hydroxylation is 1. The Morgan fingerprint density at radius 1 is 0.871 bits per heavy atom. The van der Waals surface area contributed by atoms with Crippen molar-refractivity contribution in [1.82, 2.24) is 30.1 Å². The second-order valence-electron chi connectivity index (χ2n) is 8.13. The van der Waals surface area contributed by atoms with E-state index in [0.29, 0.717) is 5.82 Å². The Morgan fingerprint density at radius 2 is 1.77 bits per heavy atom. The predicted octanol–water partition coefficient (Wildman–Crippen LogP) is 4.15. The van der Waals surface area contributed by atoms with Gasteiger partial charge in [-0.25, -0.2) is 15.0 Å². The molecule has 0 amide bonds. The van der Waals surface area contributed by atoms with Crippen LogP contribution in [-0.2, 0) is 12.8 Å². The van der Waals surface area contributed by atoms with Crippen molar-refractivity contribution < 1.29 is 0 Å². The van der Waals surface area contributed by atoms with E-state index in [9.17, 15) is 0 Å².